The van der Waals surface area contributed by atoms with Crippen LogP contribution in [0.2, 0.25) is 5.02 Å². The van der Waals surface area contributed by atoms with Gasteiger partial charge in [0.1, 0.15) is 0 Å². The standard InChI is InChI=1S/C15H18ClN3O2S/c1-15(2,3)17-12(20)8-9-22-14-19-18-13(21-14)10-6-4-5-7-11(10)16/h4-7H,8-9H2,1-3H3,(H,17,20). The molecule has 0 bridgehead atoms. The molecular weight excluding hydrogens is 322 g/mol. The van der Waals surface area contributed by atoms with Crippen LogP contribution in [0.3, 0.4) is 0 Å². The highest BCUT2D eigenvalue weighted by molar-refractivity contribution is 7.99. The zero-order valence-corrected chi connectivity index (χ0v) is 14.3. The van der Waals surface area contributed by atoms with Gasteiger partial charge in [-0.25, -0.2) is 0 Å². The zero-order chi connectivity index (χ0) is 16.2. The van der Waals surface area contributed by atoms with Gasteiger partial charge in [0.25, 0.3) is 5.22 Å². The lowest BCUT2D eigenvalue weighted by Crippen LogP contribution is -2.40. The largest absolute Gasteiger partial charge is 0.411 e. The number of carbonyl (C=O) groups is 1. The molecule has 0 atom stereocenters. The lowest BCUT2D eigenvalue weighted by Gasteiger charge is -2.20. The summed E-state index contributed by atoms with van der Waals surface area (Å²) in [5, 5.41) is 11.8. The number of hydrogen-bond acceptors (Lipinski definition) is 5. The summed E-state index contributed by atoms with van der Waals surface area (Å²) in [6.07, 6.45) is 0.395. The summed E-state index contributed by atoms with van der Waals surface area (Å²) in [7, 11) is 0. The Balaban J connectivity index is 1.88. The highest BCUT2D eigenvalue weighted by Gasteiger charge is 2.15. The van der Waals surface area contributed by atoms with Gasteiger partial charge in [-0.3, -0.25) is 4.79 Å². The van der Waals surface area contributed by atoms with E-state index in [9.17, 15) is 4.79 Å². The van der Waals surface area contributed by atoms with Crippen molar-refractivity contribution < 1.29 is 9.21 Å². The van der Waals surface area contributed by atoms with Gasteiger partial charge in [0.05, 0.1) is 10.6 Å². The molecule has 0 saturated carbocycles. The Kier molecular flexibility index (Phi) is 5.47. The first-order chi connectivity index (χ1) is 10.3. The summed E-state index contributed by atoms with van der Waals surface area (Å²) < 4.78 is 5.56. The number of carbonyl (C=O) groups excluding carboxylic acids is 1. The second-order valence-corrected chi connectivity index (χ2v) is 7.20. The van der Waals surface area contributed by atoms with E-state index in [1.54, 1.807) is 6.07 Å². The molecule has 0 aliphatic heterocycles. The van der Waals surface area contributed by atoms with E-state index in [2.05, 4.69) is 15.5 Å². The number of aromatic nitrogens is 2. The Morgan fingerprint density at radius 1 is 1.32 bits per heavy atom. The van der Waals surface area contributed by atoms with Crippen LogP contribution in [-0.2, 0) is 4.79 Å². The van der Waals surface area contributed by atoms with Crippen LogP contribution in [0, 0.1) is 0 Å². The van der Waals surface area contributed by atoms with Gasteiger partial charge >= 0.3 is 0 Å². The van der Waals surface area contributed by atoms with Gasteiger partial charge in [-0.05, 0) is 32.9 Å². The molecule has 1 amide bonds. The Bertz CT molecular complexity index is 652. The third-order valence-corrected chi connectivity index (χ3v) is 3.73. The highest BCUT2D eigenvalue weighted by Crippen LogP contribution is 2.28. The quantitative estimate of drug-likeness (QED) is 0.839. The molecule has 1 aromatic carbocycles. The number of rotatable bonds is 5. The Morgan fingerprint density at radius 2 is 2.05 bits per heavy atom. The van der Waals surface area contributed by atoms with Crippen LogP contribution in [0.4, 0.5) is 0 Å². The van der Waals surface area contributed by atoms with Gasteiger partial charge in [-0.2, -0.15) is 0 Å². The number of nitrogens with one attached hydrogen (secondary N) is 1. The Labute approximate surface area is 138 Å². The fourth-order valence-electron chi connectivity index (χ4n) is 1.72. The van der Waals surface area contributed by atoms with Crippen LogP contribution in [0.1, 0.15) is 27.2 Å². The number of thioether (sulfide) groups is 1. The molecule has 1 aromatic heterocycles. The lowest BCUT2D eigenvalue weighted by atomic mass is 10.1. The van der Waals surface area contributed by atoms with Gasteiger partial charge in [-0.15, -0.1) is 10.2 Å². The number of nitrogens with zero attached hydrogens (tertiary/aromatic N) is 2. The third kappa shape index (κ3) is 5.03. The number of halogens is 1. The van der Waals surface area contributed by atoms with E-state index in [1.165, 1.54) is 11.8 Å². The van der Waals surface area contributed by atoms with E-state index in [1.807, 2.05) is 39.0 Å². The number of benzene rings is 1. The summed E-state index contributed by atoms with van der Waals surface area (Å²) in [6.45, 7) is 5.85. The highest BCUT2D eigenvalue weighted by atomic mass is 35.5. The topological polar surface area (TPSA) is 68.0 Å². The first-order valence-corrected chi connectivity index (χ1v) is 8.24. The minimum absolute atomic E-state index is 0.00541. The van der Waals surface area contributed by atoms with Crippen molar-refractivity contribution in [2.24, 2.45) is 0 Å². The van der Waals surface area contributed by atoms with Crippen LogP contribution < -0.4 is 5.32 Å². The Hall–Kier alpha value is -1.53. The lowest BCUT2D eigenvalue weighted by molar-refractivity contribution is -0.122. The van der Waals surface area contributed by atoms with Crippen molar-refractivity contribution in [1.29, 1.82) is 0 Å². The van der Waals surface area contributed by atoms with Crippen LogP contribution in [-0.4, -0.2) is 27.4 Å². The minimum atomic E-state index is -0.219. The van der Waals surface area contributed by atoms with Crippen LogP contribution in [0.15, 0.2) is 33.9 Å². The minimum Gasteiger partial charge on any atom is -0.411 e. The monoisotopic (exact) mass is 339 g/mol. The molecule has 0 spiro atoms. The summed E-state index contributed by atoms with van der Waals surface area (Å²) in [4.78, 5) is 11.7. The molecule has 0 radical (unpaired) electrons. The molecule has 2 aromatic rings. The molecule has 0 unspecified atom stereocenters. The predicted octanol–water partition coefficient (Wildman–Crippen LogP) is 3.79. The van der Waals surface area contributed by atoms with Crippen molar-refractivity contribution in [2.45, 2.75) is 38.0 Å². The number of amides is 1. The first kappa shape index (κ1) is 16.8. The first-order valence-electron chi connectivity index (χ1n) is 6.87. The molecule has 0 aliphatic rings. The normalized spacial score (nSPS) is 11.5. The predicted molar refractivity (Wildman–Crippen MR) is 88.0 cm³/mol. The van der Waals surface area contributed by atoms with E-state index >= 15 is 0 Å². The Morgan fingerprint density at radius 3 is 2.73 bits per heavy atom. The number of hydrogen-bond donors (Lipinski definition) is 1. The van der Waals surface area contributed by atoms with Gasteiger partial charge < -0.3 is 9.73 Å². The van der Waals surface area contributed by atoms with E-state index in [0.717, 1.165) is 0 Å². The van der Waals surface area contributed by atoms with Gasteiger partial charge in [0, 0.05) is 17.7 Å². The maximum Gasteiger partial charge on any atom is 0.276 e. The second kappa shape index (κ2) is 7.15. The van der Waals surface area contributed by atoms with Crippen LogP contribution >= 0.6 is 23.4 Å². The van der Waals surface area contributed by atoms with Crippen molar-refractivity contribution in [2.75, 3.05) is 5.75 Å². The van der Waals surface area contributed by atoms with Gasteiger partial charge in [0.2, 0.25) is 11.8 Å². The van der Waals surface area contributed by atoms with Gasteiger partial charge in [-0.1, -0.05) is 35.5 Å². The van der Waals surface area contributed by atoms with Gasteiger partial charge in [0.15, 0.2) is 0 Å². The molecular formula is C15H18ClN3O2S. The van der Waals surface area contributed by atoms with Crippen molar-refractivity contribution in [3.8, 4) is 11.5 Å². The molecule has 5 nitrogen and oxygen atoms in total. The average molecular weight is 340 g/mol. The van der Waals surface area contributed by atoms with Crippen molar-refractivity contribution in [3.63, 3.8) is 0 Å². The fraction of sp³-hybridized carbons (Fsp3) is 0.400. The average Bonchev–Trinajstić information content (AvgIpc) is 2.85. The molecule has 22 heavy (non-hydrogen) atoms. The second-order valence-electron chi connectivity index (χ2n) is 5.75. The van der Waals surface area contributed by atoms with E-state index in [-0.39, 0.29) is 11.4 Å². The van der Waals surface area contributed by atoms with Crippen molar-refractivity contribution >= 4 is 29.3 Å². The molecule has 0 aliphatic carbocycles. The van der Waals surface area contributed by atoms with E-state index in [4.69, 9.17) is 16.0 Å². The smallest absolute Gasteiger partial charge is 0.276 e. The van der Waals surface area contributed by atoms with Crippen molar-refractivity contribution in [3.05, 3.63) is 29.3 Å². The van der Waals surface area contributed by atoms with Crippen molar-refractivity contribution in [1.82, 2.24) is 15.5 Å². The van der Waals surface area contributed by atoms with E-state index in [0.29, 0.717) is 33.9 Å². The molecule has 118 valence electrons. The maximum atomic E-state index is 11.7. The molecule has 1 heterocycles. The molecule has 0 saturated heterocycles. The summed E-state index contributed by atoms with van der Waals surface area (Å²) in [5.41, 5.74) is 0.484. The van der Waals surface area contributed by atoms with Crippen LogP contribution in [0.5, 0.6) is 0 Å². The molecule has 7 heteroatoms. The van der Waals surface area contributed by atoms with Crippen LogP contribution in [0.25, 0.3) is 11.5 Å². The SMILES string of the molecule is CC(C)(C)NC(=O)CCSc1nnc(-c2ccccc2Cl)o1. The zero-order valence-electron chi connectivity index (χ0n) is 12.7. The molecule has 0 fully saturated rings. The summed E-state index contributed by atoms with van der Waals surface area (Å²) >= 11 is 7.44. The fourth-order valence-corrected chi connectivity index (χ4v) is 2.64. The maximum absolute atomic E-state index is 11.7. The molecule has 2 rings (SSSR count). The summed E-state index contributed by atoms with van der Waals surface area (Å²) in [5.74, 6) is 0.963. The molecule has 1 N–H and O–H groups in total. The third-order valence-electron chi connectivity index (χ3n) is 2.58. The van der Waals surface area contributed by atoms with E-state index < -0.39 is 0 Å². The summed E-state index contributed by atoms with van der Waals surface area (Å²) in [6, 6.07) is 7.28.